The Morgan fingerprint density at radius 3 is 1.89 bits per heavy atom. The standard InChI is InChI=1S/C33H32ClFN4O6S2/c1-24(27-8-14-31(15-9-27)46(41,42)38-18-20-45-21-19-38)36-37-33(40)28-6-2-25(3-7-28)22-39(23-26-4-12-30(35)13-5-26)47(43,44)32-16-10-29(34)11-17-32/h2-17H,18-23H2,1H3,(H,37,40)/b36-24-. The lowest BCUT2D eigenvalue weighted by Gasteiger charge is -2.26. The lowest BCUT2D eigenvalue weighted by atomic mass is 10.1. The number of carbonyl (C=O) groups excluding carboxylic acids is 1. The van der Waals surface area contributed by atoms with Crippen LogP contribution in [0.3, 0.4) is 0 Å². The molecule has 0 bridgehead atoms. The Kier molecular flexibility index (Phi) is 10.8. The van der Waals surface area contributed by atoms with Crippen molar-refractivity contribution in [1.29, 1.82) is 0 Å². The summed E-state index contributed by atoms with van der Waals surface area (Å²) in [4.78, 5) is 13.1. The van der Waals surface area contributed by atoms with Crippen LogP contribution in [-0.4, -0.2) is 63.4 Å². The number of benzene rings is 4. The SMILES string of the molecule is C/C(=N/NC(=O)c1ccc(CN(Cc2ccc(F)cc2)S(=O)(=O)c2ccc(Cl)cc2)cc1)c1ccc(S(=O)(=O)N2CCOCC2)cc1. The Morgan fingerprint density at radius 2 is 1.32 bits per heavy atom. The fourth-order valence-corrected chi connectivity index (χ4v) is 7.76. The number of carbonyl (C=O) groups is 1. The number of hydrogen-bond acceptors (Lipinski definition) is 7. The van der Waals surface area contributed by atoms with Crippen LogP contribution in [0.2, 0.25) is 5.02 Å². The fraction of sp³-hybridized carbons (Fsp3) is 0.212. The lowest BCUT2D eigenvalue weighted by molar-refractivity contribution is 0.0730. The summed E-state index contributed by atoms with van der Waals surface area (Å²) >= 11 is 5.96. The van der Waals surface area contributed by atoms with Gasteiger partial charge in [-0.3, -0.25) is 4.79 Å². The van der Waals surface area contributed by atoms with Crippen molar-refractivity contribution >= 4 is 43.3 Å². The van der Waals surface area contributed by atoms with Gasteiger partial charge in [0.25, 0.3) is 5.91 Å². The Hall–Kier alpha value is -3.98. The van der Waals surface area contributed by atoms with Crippen molar-refractivity contribution in [2.24, 2.45) is 5.10 Å². The summed E-state index contributed by atoms with van der Waals surface area (Å²) in [6.07, 6.45) is 0. The molecule has 4 aromatic rings. The Morgan fingerprint density at radius 1 is 0.809 bits per heavy atom. The number of rotatable bonds is 11. The highest BCUT2D eigenvalue weighted by Crippen LogP contribution is 2.23. The molecule has 5 rings (SSSR count). The predicted octanol–water partition coefficient (Wildman–Crippen LogP) is 5.05. The Bertz CT molecular complexity index is 1950. The van der Waals surface area contributed by atoms with Gasteiger partial charge in [-0.25, -0.2) is 26.7 Å². The van der Waals surface area contributed by atoms with Gasteiger partial charge in [0, 0.05) is 36.8 Å². The summed E-state index contributed by atoms with van der Waals surface area (Å²) in [7, 11) is -7.60. The van der Waals surface area contributed by atoms with Crippen LogP contribution in [0.1, 0.15) is 34.0 Å². The van der Waals surface area contributed by atoms with E-state index in [1.54, 1.807) is 43.3 Å². The first-order valence-corrected chi connectivity index (χ1v) is 17.8. The summed E-state index contributed by atoms with van der Waals surface area (Å²) < 4.78 is 74.3. The van der Waals surface area contributed by atoms with E-state index in [1.165, 1.54) is 69.3 Å². The van der Waals surface area contributed by atoms with E-state index in [0.717, 1.165) is 0 Å². The molecule has 14 heteroatoms. The third kappa shape index (κ3) is 8.49. The zero-order chi connectivity index (χ0) is 33.6. The van der Waals surface area contributed by atoms with Gasteiger partial charge in [-0.15, -0.1) is 0 Å². The van der Waals surface area contributed by atoms with Crippen LogP contribution in [0.25, 0.3) is 0 Å². The molecule has 1 heterocycles. The largest absolute Gasteiger partial charge is 0.379 e. The molecule has 0 saturated carbocycles. The number of morpholine rings is 1. The zero-order valence-corrected chi connectivity index (χ0v) is 27.7. The number of hydrogen-bond donors (Lipinski definition) is 1. The van der Waals surface area contributed by atoms with Crippen LogP contribution in [0.15, 0.2) is 112 Å². The molecule has 4 aromatic carbocycles. The minimum atomic E-state index is -3.97. The molecule has 246 valence electrons. The molecule has 1 N–H and O–H groups in total. The molecular weight excluding hydrogens is 667 g/mol. The van der Waals surface area contributed by atoms with Crippen molar-refractivity contribution in [2.75, 3.05) is 26.3 Å². The van der Waals surface area contributed by atoms with Crippen molar-refractivity contribution in [1.82, 2.24) is 14.0 Å². The van der Waals surface area contributed by atoms with E-state index in [-0.39, 0.29) is 22.9 Å². The van der Waals surface area contributed by atoms with E-state index in [0.29, 0.717) is 59.3 Å². The highest BCUT2D eigenvalue weighted by molar-refractivity contribution is 7.89. The third-order valence-corrected chi connectivity index (χ3v) is 11.5. The van der Waals surface area contributed by atoms with Crippen molar-refractivity contribution in [3.63, 3.8) is 0 Å². The molecule has 1 amide bonds. The summed E-state index contributed by atoms with van der Waals surface area (Å²) in [5, 5.41) is 4.56. The van der Waals surface area contributed by atoms with Crippen molar-refractivity contribution < 1.29 is 30.8 Å². The summed E-state index contributed by atoms with van der Waals surface area (Å²) in [5.74, 6) is -0.915. The highest BCUT2D eigenvalue weighted by Gasteiger charge is 2.27. The smallest absolute Gasteiger partial charge is 0.271 e. The van der Waals surface area contributed by atoms with Crippen molar-refractivity contribution in [3.8, 4) is 0 Å². The number of nitrogens with one attached hydrogen (secondary N) is 1. The number of hydrazone groups is 1. The Balaban J connectivity index is 1.26. The third-order valence-electron chi connectivity index (χ3n) is 7.50. The van der Waals surface area contributed by atoms with Crippen LogP contribution in [-0.2, 0) is 37.9 Å². The molecular formula is C33H32ClFN4O6S2. The summed E-state index contributed by atoms with van der Waals surface area (Å²) in [6.45, 7) is 2.97. The van der Waals surface area contributed by atoms with E-state index in [4.69, 9.17) is 16.3 Å². The molecule has 0 aromatic heterocycles. The van der Waals surface area contributed by atoms with Gasteiger partial charge in [0.05, 0.1) is 28.7 Å². The number of halogens is 2. The van der Waals surface area contributed by atoms with Gasteiger partial charge in [-0.2, -0.15) is 13.7 Å². The molecule has 1 aliphatic rings. The number of ether oxygens (including phenoxy) is 1. The average molecular weight is 699 g/mol. The van der Waals surface area contributed by atoms with Crippen molar-refractivity contribution in [2.45, 2.75) is 29.8 Å². The number of amides is 1. The predicted molar refractivity (Wildman–Crippen MR) is 176 cm³/mol. The van der Waals surface area contributed by atoms with E-state index >= 15 is 0 Å². The van der Waals surface area contributed by atoms with Gasteiger partial charge >= 0.3 is 0 Å². The van der Waals surface area contributed by atoms with Gasteiger partial charge in [0.15, 0.2) is 0 Å². The van der Waals surface area contributed by atoms with Crippen LogP contribution < -0.4 is 5.43 Å². The summed E-state index contributed by atoms with van der Waals surface area (Å²) in [5.41, 5.74) is 5.11. The highest BCUT2D eigenvalue weighted by atomic mass is 35.5. The maximum Gasteiger partial charge on any atom is 0.271 e. The molecule has 0 spiro atoms. The number of sulfonamides is 2. The Labute approximate surface area is 278 Å². The van der Waals surface area contributed by atoms with E-state index < -0.39 is 31.8 Å². The maximum absolute atomic E-state index is 13.6. The first-order chi connectivity index (χ1) is 22.4. The quantitative estimate of drug-likeness (QED) is 0.173. The molecule has 0 unspecified atom stereocenters. The molecule has 0 atom stereocenters. The second-order valence-corrected chi connectivity index (χ2v) is 15.0. The minimum absolute atomic E-state index is 0.0123. The summed E-state index contributed by atoms with van der Waals surface area (Å²) in [6, 6.07) is 24.1. The molecule has 1 aliphatic heterocycles. The van der Waals surface area contributed by atoms with Crippen LogP contribution in [0.4, 0.5) is 4.39 Å². The topological polar surface area (TPSA) is 125 Å². The molecule has 0 radical (unpaired) electrons. The second-order valence-electron chi connectivity index (χ2n) is 10.7. The van der Waals surface area contributed by atoms with Crippen LogP contribution in [0, 0.1) is 5.82 Å². The zero-order valence-electron chi connectivity index (χ0n) is 25.3. The van der Waals surface area contributed by atoms with E-state index in [9.17, 15) is 26.0 Å². The van der Waals surface area contributed by atoms with Gasteiger partial charge in [-0.1, -0.05) is 48.0 Å². The maximum atomic E-state index is 13.6. The second kappa shape index (κ2) is 14.8. The molecule has 10 nitrogen and oxygen atoms in total. The van der Waals surface area contributed by atoms with Gasteiger partial charge in [0.2, 0.25) is 20.0 Å². The van der Waals surface area contributed by atoms with E-state index in [2.05, 4.69) is 10.5 Å². The van der Waals surface area contributed by atoms with Gasteiger partial charge < -0.3 is 4.74 Å². The fourth-order valence-electron chi connectivity index (χ4n) is 4.81. The van der Waals surface area contributed by atoms with E-state index in [1.807, 2.05) is 0 Å². The van der Waals surface area contributed by atoms with Gasteiger partial charge in [0.1, 0.15) is 5.82 Å². The monoisotopic (exact) mass is 698 g/mol. The average Bonchev–Trinajstić information content (AvgIpc) is 3.08. The molecule has 0 aliphatic carbocycles. The van der Waals surface area contributed by atoms with Crippen LogP contribution >= 0.6 is 11.6 Å². The minimum Gasteiger partial charge on any atom is -0.379 e. The normalized spacial score (nSPS) is 14.7. The van der Waals surface area contributed by atoms with Crippen molar-refractivity contribution in [3.05, 3.63) is 130 Å². The molecule has 1 saturated heterocycles. The first kappa shape index (κ1) is 34.4. The van der Waals surface area contributed by atoms with Gasteiger partial charge in [-0.05, 0) is 84.3 Å². The molecule has 1 fully saturated rings. The van der Waals surface area contributed by atoms with Crippen LogP contribution in [0.5, 0.6) is 0 Å². The molecule has 47 heavy (non-hydrogen) atoms. The lowest BCUT2D eigenvalue weighted by Crippen LogP contribution is -2.40. The first-order valence-electron chi connectivity index (χ1n) is 14.6. The number of nitrogens with zero attached hydrogens (tertiary/aromatic N) is 3.